The summed E-state index contributed by atoms with van der Waals surface area (Å²) in [7, 11) is 0. The van der Waals surface area contributed by atoms with Gasteiger partial charge in [-0.05, 0) is 12.1 Å². The summed E-state index contributed by atoms with van der Waals surface area (Å²) >= 11 is 0. The number of anilines is 1. The molecule has 1 aliphatic heterocycles. The first-order valence-corrected chi connectivity index (χ1v) is 7.31. The lowest BCUT2D eigenvalue weighted by Crippen LogP contribution is -2.03. The van der Waals surface area contributed by atoms with E-state index in [9.17, 15) is 4.79 Å². The predicted octanol–water partition coefficient (Wildman–Crippen LogP) is 3.64. The minimum Gasteiger partial charge on any atom is -0.321 e. The van der Waals surface area contributed by atoms with Crippen LogP contribution in [0.25, 0.3) is 23.0 Å². The van der Waals surface area contributed by atoms with E-state index in [1.807, 2.05) is 60.7 Å². The summed E-state index contributed by atoms with van der Waals surface area (Å²) < 4.78 is 0. The van der Waals surface area contributed by atoms with Gasteiger partial charge in [-0.3, -0.25) is 4.79 Å². The van der Waals surface area contributed by atoms with Gasteiger partial charge in [0.15, 0.2) is 5.82 Å². The van der Waals surface area contributed by atoms with Gasteiger partial charge in [-0.2, -0.15) is 0 Å². The number of carbonyl (C=O) groups is 1. The third-order valence-corrected chi connectivity index (χ3v) is 3.72. The van der Waals surface area contributed by atoms with Gasteiger partial charge < -0.3 is 5.32 Å². The fourth-order valence-corrected chi connectivity index (χ4v) is 2.60. The maximum Gasteiger partial charge on any atom is 0.256 e. The van der Waals surface area contributed by atoms with Crippen molar-refractivity contribution < 1.29 is 4.79 Å². The summed E-state index contributed by atoms with van der Waals surface area (Å²) in [5.41, 5.74) is 4.15. The van der Waals surface area contributed by atoms with E-state index in [4.69, 9.17) is 0 Å². The van der Waals surface area contributed by atoms with Crippen LogP contribution in [0.15, 0.2) is 67.0 Å². The second-order valence-electron chi connectivity index (χ2n) is 5.26. The van der Waals surface area contributed by atoms with Crippen molar-refractivity contribution in [1.29, 1.82) is 0 Å². The van der Waals surface area contributed by atoms with Crippen LogP contribution in [0.4, 0.5) is 5.69 Å². The van der Waals surface area contributed by atoms with Crippen LogP contribution in [-0.2, 0) is 4.79 Å². The Kier molecular flexibility index (Phi) is 3.20. The summed E-state index contributed by atoms with van der Waals surface area (Å²) in [5.74, 6) is 0.572. The topological polar surface area (TPSA) is 54.9 Å². The molecule has 0 spiro atoms. The van der Waals surface area contributed by atoms with Gasteiger partial charge in [-0.25, -0.2) is 9.97 Å². The SMILES string of the molecule is O=C1Nc2ccccc2/C1=C\c1cnc(-c2ccccc2)nc1. The number of nitrogens with zero attached hydrogens (tertiary/aromatic N) is 2. The molecule has 2 aromatic carbocycles. The smallest absolute Gasteiger partial charge is 0.256 e. The Hall–Kier alpha value is -3.27. The summed E-state index contributed by atoms with van der Waals surface area (Å²) in [6, 6.07) is 17.4. The molecule has 110 valence electrons. The van der Waals surface area contributed by atoms with Crippen LogP contribution in [-0.4, -0.2) is 15.9 Å². The molecule has 1 aromatic heterocycles. The number of hydrogen-bond donors (Lipinski definition) is 1. The molecule has 0 aliphatic carbocycles. The number of carbonyl (C=O) groups excluding carboxylic acids is 1. The van der Waals surface area contributed by atoms with Crippen LogP contribution in [0.3, 0.4) is 0 Å². The van der Waals surface area contributed by atoms with Gasteiger partial charge >= 0.3 is 0 Å². The molecule has 4 rings (SSSR count). The first kappa shape index (κ1) is 13.4. The summed E-state index contributed by atoms with van der Waals surface area (Å²) in [6.45, 7) is 0. The lowest BCUT2D eigenvalue weighted by Gasteiger charge is -2.01. The van der Waals surface area contributed by atoms with Crippen LogP contribution >= 0.6 is 0 Å². The fourth-order valence-electron chi connectivity index (χ4n) is 2.60. The molecule has 0 bridgehead atoms. The Morgan fingerprint density at radius 2 is 1.57 bits per heavy atom. The third-order valence-electron chi connectivity index (χ3n) is 3.72. The number of rotatable bonds is 2. The average Bonchev–Trinajstić information content (AvgIpc) is 2.92. The van der Waals surface area contributed by atoms with Crippen LogP contribution in [0.2, 0.25) is 0 Å². The third kappa shape index (κ3) is 2.51. The van der Waals surface area contributed by atoms with E-state index in [-0.39, 0.29) is 5.91 Å². The van der Waals surface area contributed by atoms with Crippen molar-refractivity contribution in [3.05, 3.63) is 78.1 Å². The molecule has 0 atom stereocenters. The van der Waals surface area contributed by atoms with Crippen molar-refractivity contribution in [1.82, 2.24) is 9.97 Å². The highest BCUT2D eigenvalue weighted by molar-refractivity contribution is 6.34. The Bertz CT molecular complexity index is 899. The van der Waals surface area contributed by atoms with Gasteiger partial charge in [0.05, 0.1) is 0 Å². The van der Waals surface area contributed by atoms with E-state index in [0.717, 1.165) is 22.4 Å². The quantitative estimate of drug-likeness (QED) is 0.735. The molecule has 23 heavy (non-hydrogen) atoms. The first-order valence-electron chi connectivity index (χ1n) is 7.31. The maximum atomic E-state index is 12.1. The minimum absolute atomic E-state index is 0.0988. The monoisotopic (exact) mass is 299 g/mol. The minimum atomic E-state index is -0.0988. The molecule has 2 heterocycles. The summed E-state index contributed by atoms with van der Waals surface area (Å²) in [4.78, 5) is 20.9. The highest BCUT2D eigenvalue weighted by atomic mass is 16.2. The van der Waals surface area contributed by atoms with Gasteiger partial charge in [0.25, 0.3) is 5.91 Å². The number of para-hydroxylation sites is 1. The van der Waals surface area contributed by atoms with Crippen molar-refractivity contribution in [2.75, 3.05) is 5.32 Å². The predicted molar refractivity (Wildman–Crippen MR) is 90.4 cm³/mol. The zero-order chi connectivity index (χ0) is 15.6. The van der Waals surface area contributed by atoms with E-state index in [1.54, 1.807) is 12.4 Å². The molecule has 0 fully saturated rings. The second-order valence-corrected chi connectivity index (χ2v) is 5.26. The Labute approximate surface area is 133 Å². The summed E-state index contributed by atoms with van der Waals surface area (Å²) in [5, 5.41) is 2.86. The van der Waals surface area contributed by atoms with Gasteiger partial charge in [0.2, 0.25) is 0 Å². The number of aromatic nitrogens is 2. The van der Waals surface area contributed by atoms with E-state index in [0.29, 0.717) is 11.4 Å². The number of benzene rings is 2. The zero-order valence-electron chi connectivity index (χ0n) is 12.2. The Morgan fingerprint density at radius 1 is 0.870 bits per heavy atom. The average molecular weight is 299 g/mol. The van der Waals surface area contributed by atoms with Crippen molar-refractivity contribution in [3.63, 3.8) is 0 Å². The van der Waals surface area contributed by atoms with Crippen LogP contribution in [0, 0.1) is 0 Å². The van der Waals surface area contributed by atoms with E-state index in [1.165, 1.54) is 0 Å². The largest absolute Gasteiger partial charge is 0.321 e. The number of amides is 1. The molecule has 1 aliphatic rings. The second kappa shape index (κ2) is 5.50. The van der Waals surface area contributed by atoms with Gasteiger partial charge in [-0.1, -0.05) is 48.5 Å². The molecule has 1 amide bonds. The van der Waals surface area contributed by atoms with E-state index in [2.05, 4.69) is 15.3 Å². The number of hydrogen-bond acceptors (Lipinski definition) is 3. The van der Waals surface area contributed by atoms with Crippen molar-refractivity contribution in [2.24, 2.45) is 0 Å². The molecule has 0 saturated heterocycles. The zero-order valence-corrected chi connectivity index (χ0v) is 12.2. The number of nitrogens with one attached hydrogen (secondary N) is 1. The molecule has 1 N–H and O–H groups in total. The molecule has 4 heteroatoms. The van der Waals surface area contributed by atoms with Gasteiger partial charge in [0.1, 0.15) is 0 Å². The molecule has 3 aromatic rings. The van der Waals surface area contributed by atoms with Crippen molar-refractivity contribution >= 4 is 23.2 Å². The lowest BCUT2D eigenvalue weighted by molar-refractivity contribution is -0.110. The number of fused-ring (bicyclic) bond motifs is 1. The van der Waals surface area contributed by atoms with Crippen LogP contribution in [0.1, 0.15) is 11.1 Å². The molecule has 0 radical (unpaired) electrons. The standard InChI is InChI=1S/C19H13N3O/c23-19-16(15-8-4-5-9-17(15)22-19)10-13-11-20-18(21-12-13)14-6-2-1-3-7-14/h1-12H,(H,22,23)/b16-10+. The molecular formula is C19H13N3O. The first-order chi connectivity index (χ1) is 11.3. The van der Waals surface area contributed by atoms with E-state index < -0.39 is 0 Å². The van der Waals surface area contributed by atoms with Crippen LogP contribution < -0.4 is 5.32 Å². The molecular weight excluding hydrogens is 286 g/mol. The van der Waals surface area contributed by atoms with E-state index >= 15 is 0 Å². The normalized spacial score (nSPS) is 14.6. The molecule has 0 unspecified atom stereocenters. The fraction of sp³-hybridized carbons (Fsp3) is 0. The Morgan fingerprint density at radius 3 is 2.35 bits per heavy atom. The van der Waals surface area contributed by atoms with Gasteiger partial charge in [0, 0.05) is 40.3 Å². The molecule has 4 nitrogen and oxygen atoms in total. The molecule has 0 saturated carbocycles. The van der Waals surface area contributed by atoms with Crippen molar-refractivity contribution in [2.45, 2.75) is 0 Å². The maximum absolute atomic E-state index is 12.1. The summed E-state index contributed by atoms with van der Waals surface area (Å²) in [6.07, 6.45) is 5.28. The van der Waals surface area contributed by atoms with Gasteiger partial charge in [-0.15, -0.1) is 0 Å². The highest BCUT2D eigenvalue weighted by Gasteiger charge is 2.23. The Balaban J connectivity index is 1.68. The van der Waals surface area contributed by atoms with Crippen molar-refractivity contribution in [3.8, 4) is 11.4 Å². The lowest BCUT2D eigenvalue weighted by atomic mass is 10.1. The van der Waals surface area contributed by atoms with Crippen LogP contribution in [0.5, 0.6) is 0 Å². The highest BCUT2D eigenvalue weighted by Crippen LogP contribution is 2.32.